The smallest absolute Gasteiger partial charge is 0.871 e. The van der Waals surface area contributed by atoms with Gasteiger partial charge in [-0.3, -0.25) is 4.55 Å². The second-order valence-electron chi connectivity index (χ2n) is 6.67. The average molecular weight is 414 g/mol. The zero-order chi connectivity index (χ0) is 19.7. The minimum Gasteiger partial charge on any atom is -0.871 e. The first kappa shape index (κ1) is 25.0. The monoisotopic (exact) mass is 414 g/mol. The van der Waals surface area contributed by atoms with Gasteiger partial charge in [0.15, 0.2) is 0 Å². The Kier molecular flexibility index (Phi) is 11.2. The van der Waals surface area contributed by atoms with Crippen LogP contribution in [0.1, 0.15) is 57.4 Å². The molecular formula is C21H27NaO5S. The fraction of sp³-hybridized carbons (Fsp3) is 0.429. The Balaban J connectivity index is 0.00000392. The van der Waals surface area contributed by atoms with Crippen molar-refractivity contribution in [3.63, 3.8) is 0 Å². The van der Waals surface area contributed by atoms with Crippen molar-refractivity contribution in [3.8, 4) is 17.2 Å². The van der Waals surface area contributed by atoms with Gasteiger partial charge < -0.3 is 9.84 Å². The van der Waals surface area contributed by atoms with E-state index in [9.17, 15) is 18.1 Å². The summed E-state index contributed by atoms with van der Waals surface area (Å²) in [5.74, 6) is 0.0822. The molecule has 0 saturated heterocycles. The van der Waals surface area contributed by atoms with Gasteiger partial charge in [-0.05, 0) is 42.7 Å². The Hall–Kier alpha value is -1.05. The minimum absolute atomic E-state index is 0. The molecule has 0 saturated carbocycles. The first-order valence-corrected chi connectivity index (χ1v) is 10.9. The first-order valence-electron chi connectivity index (χ1n) is 9.46. The molecule has 148 valence electrons. The Morgan fingerprint density at radius 1 is 0.929 bits per heavy atom. The molecule has 2 aromatic rings. The third kappa shape index (κ3) is 8.13. The molecule has 0 aliphatic heterocycles. The molecule has 0 amide bonds. The van der Waals surface area contributed by atoms with Crippen molar-refractivity contribution in [1.82, 2.24) is 0 Å². The van der Waals surface area contributed by atoms with Crippen molar-refractivity contribution < 1.29 is 52.4 Å². The molecule has 0 unspecified atom stereocenters. The van der Waals surface area contributed by atoms with E-state index in [1.807, 2.05) is 6.07 Å². The van der Waals surface area contributed by atoms with E-state index in [2.05, 4.69) is 6.92 Å². The van der Waals surface area contributed by atoms with Crippen molar-refractivity contribution in [2.75, 3.05) is 0 Å². The Labute approximate surface area is 190 Å². The third-order valence-electron chi connectivity index (χ3n) is 4.39. The largest absolute Gasteiger partial charge is 1.00 e. The zero-order valence-electron chi connectivity index (χ0n) is 16.7. The summed E-state index contributed by atoms with van der Waals surface area (Å²) in [6.07, 6.45) is 7.97. The summed E-state index contributed by atoms with van der Waals surface area (Å²) in [7, 11) is -4.58. The van der Waals surface area contributed by atoms with Crippen LogP contribution >= 0.6 is 0 Å². The fourth-order valence-electron chi connectivity index (χ4n) is 3.07. The van der Waals surface area contributed by atoms with Crippen LogP contribution in [-0.4, -0.2) is 13.0 Å². The van der Waals surface area contributed by atoms with E-state index >= 15 is 0 Å². The standard InChI is InChI=1S/C21H28O5S.Na/c1-2-3-4-5-6-7-9-12-17-15-19(26-18-13-10-8-11-14-18)16-20(22)21(17)27(23,24)25;/h8,10-11,13-16,22H,2-7,9,12H2,1H3,(H,23,24,25);/q;+1/p-1. The van der Waals surface area contributed by atoms with E-state index in [1.54, 1.807) is 24.3 Å². The molecule has 0 aromatic heterocycles. The van der Waals surface area contributed by atoms with Crippen molar-refractivity contribution in [3.05, 3.63) is 48.0 Å². The van der Waals surface area contributed by atoms with Gasteiger partial charge in [-0.15, -0.1) is 0 Å². The summed E-state index contributed by atoms with van der Waals surface area (Å²) >= 11 is 0. The van der Waals surface area contributed by atoms with Gasteiger partial charge in [0.1, 0.15) is 11.5 Å². The van der Waals surface area contributed by atoms with E-state index in [1.165, 1.54) is 25.3 Å². The number of hydrogen-bond donors (Lipinski definition) is 1. The summed E-state index contributed by atoms with van der Waals surface area (Å²) in [4.78, 5) is -0.533. The number of hydrogen-bond acceptors (Lipinski definition) is 4. The quantitative estimate of drug-likeness (QED) is 0.346. The molecule has 7 heteroatoms. The zero-order valence-corrected chi connectivity index (χ0v) is 19.5. The summed E-state index contributed by atoms with van der Waals surface area (Å²) < 4.78 is 38.5. The molecule has 0 fully saturated rings. The van der Waals surface area contributed by atoms with Crippen LogP contribution < -0.4 is 39.4 Å². The van der Waals surface area contributed by atoms with Gasteiger partial charge in [0.25, 0.3) is 10.1 Å². The minimum atomic E-state index is -4.58. The predicted octanol–water partition coefficient (Wildman–Crippen LogP) is 2.10. The van der Waals surface area contributed by atoms with Crippen LogP contribution in [0.15, 0.2) is 47.4 Å². The SMILES string of the molecule is CCCCCCCCCc1cc(Oc2ccccc2)cc([O-])c1S(=O)(=O)O.[Na+]. The fourth-order valence-corrected chi connectivity index (χ4v) is 3.87. The molecule has 1 N–H and O–H groups in total. The number of rotatable bonds is 11. The van der Waals surface area contributed by atoms with Crippen LogP contribution in [0.25, 0.3) is 0 Å². The van der Waals surface area contributed by atoms with Crippen molar-refractivity contribution >= 4 is 10.1 Å². The van der Waals surface area contributed by atoms with Crippen LogP contribution in [-0.2, 0) is 16.5 Å². The van der Waals surface area contributed by atoms with E-state index < -0.39 is 20.8 Å². The van der Waals surface area contributed by atoms with Crippen molar-refractivity contribution in [2.24, 2.45) is 0 Å². The first-order chi connectivity index (χ1) is 12.9. The molecule has 0 heterocycles. The summed E-state index contributed by atoms with van der Waals surface area (Å²) in [6, 6.07) is 11.6. The number of benzene rings is 2. The molecule has 0 aliphatic rings. The van der Waals surface area contributed by atoms with Gasteiger partial charge in [-0.25, -0.2) is 0 Å². The van der Waals surface area contributed by atoms with E-state index in [4.69, 9.17) is 4.74 Å². The summed E-state index contributed by atoms with van der Waals surface area (Å²) in [6.45, 7) is 2.17. The Bertz CT molecular complexity index is 822. The summed E-state index contributed by atoms with van der Waals surface area (Å²) in [5, 5.41) is 12.3. The van der Waals surface area contributed by atoms with Gasteiger partial charge in [0.05, 0.1) is 4.90 Å². The third-order valence-corrected chi connectivity index (χ3v) is 5.37. The molecule has 0 bridgehead atoms. The van der Waals surface area contributed by atoms with Crippen LogP contribution in [0, 0.1) is 0 Å². The average Bonchev–Trinajstić information content (AvgIpc) is 2.60. The molecule has 0 spiro atoms. The maximum atomic E-state index is 12.3. The molecule has 2 aromatic carbocycles. The van der Waals surface area contributed by atoms with Gasteiger partial charge in [0.2, 0.25) is 0 Å². The Morgan fingerprint density at radius 3 is 2.14 bits per heavy atom. The predicted molar refractivity (Wildman–Crippen MR) is 104 cm³/mol. The summed E-state index contributed by atoms with van der Waals surface area (Å²) in [5.41, 5.74) is 0.310. The number of para-hydroxylation sites is 1. The maximum absolute atomic E-state index is 12.3. The molecule has 28 heavy (non-hydrogen) atoms. The van der Waals surface area contributed by atoms with Crippen LogP contribution in [0.3, 0.4) is 0 Å². The molecule has 5 nitrogen and oxygen atoms in total. The van der Waals surface area contributed by atoms with Gasteiger partial charge in [0, 0.05) is 0 Å². The number of unbranched alkanes of at least 4 members (excludes halogenated alkanes) is 6. The molecule has 0 aliphatic carbocycles. The second-order valence-corrected chi connectivity index (χ2v) is 8.03. The van der Waals surface area contributed by atoms with Crippen molar-refractivity contribution in [1.29, 1.82) is 0 Å². The number of ether oxygens (including phenoxy) is 1. The second kappa shape index (κ2) is 12.5. The number of aryl methyl sites for hydroxylation is 1. The molecular weight excluding hydrogens is 387 g/mol. The van der Waals surface area contributed by atoms with E-state index in [-0.39, 0.29) is 35.3 Å². The molecule has 0 atom stereocenters. The molecule has 0 radical (unpaired) electrons. The van der Waals surface area contributed by atoms with Gasteiger partial charge >= 0.3 is 29.6 Å². The van der Waals surface area contributed by atoms with E-state index in [0.717, 1.165) is 31.7 Å². The normalized spacial score (nSPS) is 11.1. The maximum Gasteiger partial charge on any atom is 1.00 e. The van der Waals surface area contributed by atoms with Gasteiger partial charge in [-0.1, -0.05) is 69.4 Å². The van der Waals surface area contributed by atoms with E-state index in [0.29, 0.717) is 17.7 Å². The van der Waals surface area contributed by atoms with Gasteiger partial charge in [-0.2, -0.15) is 8.42 Å². The van der Waals surface area contributed by atoms with Crippen molar-refractivity contribution in [2.45, 2.75) is 63.2 Å². The topological polar surface area (TPSA) is 86.7 Å². The van der Waals surface area contributed by atoms with Crippen LogP contribution in [0.4, 0.5) is 0 Å². The Morgan fingerprint density at radius 2 is 1.54 bits per heavy atom. The van der Waals surface area contributed by atoms with Crippen LogP contribution in [0.5, 0.6) is 17.2 Å². The van der Waals surface area contributed by atoms with Crippen LogP contribution in [0.2, 0.25) is 0 Å². The molecule has 2 rings (SSSR count).